The summed E-state index contributed by atoms with van der Waals surface area (Å²) in [7, 11) is 1.86. The van der Waals surface area contributed by atoms with E-state index in [1.54, 1.807) is 4.68 Å². The molecule has 0 saturated carbocycles. The van der Waals surface area contributed by atoms with Gasteiger partial charge in [-0.05, 0) is 25.0 Å². The Labute approximate surface area is 101 Å². The second-order valence-electron chi connectivity index (χ2n) is 4.21. The Morgan fingerprint density at radius 3 is 2.88 bits per heavy atom. The number of hydrogen-bond donors (Lipinski definition) is 1. The van der Waals surface area contributed by atoms with Gasteiger partial charge in [-0.25, -0.2) is 0 Å². The molecular formula is C12H17N5. The van der Waals surface area contributed by atoms with Crippen LogP contribution in [0.2, 0.25) is 0 Å². The zero-order chi connectivity index (χ0) is 12.1. The first-order valence-electron chi connectivity index (χ1n) is 5.75. The second kappa shape index (κ2) is 5.54. The van der Waals surface area contributed by atoms with E-state index in [0.717, 1.165) is 30.7 Å². The standard InChI is InChI=1S/C12H17N5/c1-17-9-12(15-16-17)8-10(13)5-6-11-4-2-3-7-14-11/h2-4,7,9-10H,5-6,8,13H2,1H3. The lowest BCUT2D eigenvalue weighted by atomic mass is 10.1. The van der Waals surface area contributed by atoms with Gasteiger partial charge in [0.15, 0.2) is 0 Å². The van der Waals surface area contributed by atoms with Crippen molar-refractivity contribution < 1.29 is 0 Å². The predicted octanol–water partition coefficient (Wildman–Crippen LogP) is 0.713. The average Bonchev–Trinajstić information content (AvgIpc) is 2.73. The molecule has 0 aliphatic rings. The Kier molecular flexibility index (Phi) is 3.82. The van der Waals surface area contributed by atoms with E-state index >= 15 is 0 Å². The van der Waals surface area contributed by atoms with Crippen LogP contribution in [0.1, 0.15) is 17.8 Å². The van der Waals surface area contributed by atoms with Gasteiger partial charge in [0.25, 0.3) is 0 Å². The van der Waals surface area contributed by atoms with Crippen LogP contribution >= 0.6 is 0 Å². The lowest BCUT2D eigenvalue weighted by molar-refractivity contribution is 0.597. The van der Waals surface area contributed by atoms with Crippen molar-refractivity contribution in [2.75, 3.05) is 0 Å². The van der Waals surface area contributed by atoms with Crippen molar-refractivity contribution in [2.24, 2.45) is 12.8 Å². The third-order valence-corrected chi connectivity index (χ3v) is 2.62. The van der Waals surface area contributed by atoms with E-state index in [1.807, 2.05) is 37.6 Å². The Morgan fingerprint density at radius 2 is 2.24 bits per heavy atom. The molecule has 90 valence electrons. The van der Waals surface area contributed by atoms with E-state index in [-0.39, 0.29) is 6.04 Å². The van der Waals surface area contributed by atoms with Gasteiger partial charge in [0.2, 0.25) is 0 Å². The SMILES string of the molecule is Cn1cc(CC(N)CCc2ccccn2)nn1. The van der Waals surface area contributed by atoms with Gasteiger partial charge in [0, 0.05) is 37.6 Å². The molecule has 5 heteroatoms. The van der Waals surface area contributed by atoms with Crippen molar-refractivity contribution in [1.82, 2.24) is 20.0 Å². The highest BCUT2D eigenvalue weighted by atomic mass is 15.4. The maximum Gasteiger partial charge on any atom is 0.0842 e. The predicted molar refractivity (Wildman–Crippen MR) is 65.2 cm³/mol. The Hall–Kier alpha value is -1.75. The third-order valence-electron chi connectivity index (χ3n) is 2.62. The monoisotopic (exact) mass is 231 g/mol. The van der Waals surface area contributed by atoms with Crippen LogP contribution in [-0.4, -0.2) is 26.0 Å². The van der Waals surface area contributed by atoms with Crippen LogP contribution in [0.5, 0.6) is 0 Å². The van der Waals surface area contributed by atoms with E-state index in [0.29, 0.717) is 0 Å². The molecule has 2 N–H and O–H groups in total. The summed E-state index contributed by atoms with van der Waals surface area (Å²) >= 11 is 0. The van der Waals surface area contributed by atoms with Crippen LogP contribution in [-0.2, 0) is 19.9 Å². The molecule has 5 nitrogen and oxygen atoms in total. The average molecular weight is 231 g/mol. The zero-order valence-corrected chi connectivity index (χ0v) is 9.95. The summed E-state index contributed by atoms with van der Waals surface area (Å²) in [4.78, 5) is 4.27. The van der Waals surface area contributed by atoms with Crippen LogP contribution < -0.4 is 5.73 Å². The molecule has 0 aromatic carbocycles. The lowest BCUT2D eigenvalue weighted by Crippen LogP contribution is -2.23. The fraction of sp³-hybridized carbons (Fsp3) is 0.417. The molecule has 2 aromatic heterocycles. The molecule has 0 bridgehead atoms. The fourth-order valence-corrected chi connectivity index (χ4v) is 1.74. The van der Waals surface area contributed by atoms with Crippen molar-refractivity contribution in [3.63, 3.8) is 0 Å². The van der Waals surface area contributed by atoms with Gasteiger partial charge in [0.1, 0.15) is 0 Å². The molecule has 2 heterocycles. The number of hydrogen-bond acceptors (Lipinski definition) is 4. The topological polar surface area (TPSA) is 69.6 Å². The second-order valence-corrected chi connectivity index (χ2v) is 4.21. The number of nitrogens with zero attached hydrogens (tertiary/aromatic N) is 4. The Morgan fingerprint density at radius 1 is 1.35 bits per heavy atom. The molecule has 1 unspecified atom stereocenters. The lowest BCUT2D eigenvalue weighted by Gasteiger charge is -2.08. The van der Waals surface area contributed by atoms with E-state index in [1.165, 1.54) is 0 Å². The van der Waals surface area contributed by atoms with E-state index < -0.39 is 0 Å². The number of aromatic nitrogens is 4. The van der Waals surface area contributed by atoms with Crippen LogP contribution in [0, 0.1) is 0 Å². The molecule has 0 amide bonds. The van der Waals surface area contributed by atoms with Gasteiger partial charge in [-0.3, -0.25) is 9.67 Å². The first-order valence-corrected chi connectivity index (χ1v) is 5.75. The molecule has 1 atom stereocenters. The van der Waals surface area contributed by atoms with Crippen LogP contribution in [0.3, 0.4) is 0 Å². The molecule has 0 saturated heterocycles. The molecule has 0 aliphatic carbocycles. The van der Waals surface area contributed by atoms with Gasteiger partial charge in [0.05, 0.1) is 5.69 Å². The zero-order valence-electron chi connectivity index (χ0n) is 9.95. The summed E-state index contributed by atoms with van der Waals surface area (Å²) in [5.74, 6) is 0. The molecule has 2 rings (SSSR count). The maximum absolute atomic E-state index is 6.06. The summed E-state index contributed by atoms with van der Waals surface area (Å²) in [5, 5.41) is 7.91. The van der Waals surface area contributed by atoms with Gasteiger partial charge >= 0.3 is 0 Å². The molecule has 0 fully saturated rings. The molecule has 0 aliphatic heterocycles. The van der Waals surface area contributed by atoms with Crippen molar-refractivity contribution >= 4 is 0 Å². The number of nitrogens with two attached hydrogens (primary N) is 1. The molecular weight excluding hydrogens is 214 g/mol. The highest BCUT2D eigenvalue weighted by Crippen LogP contribution is 2.04. The number of rotatable bonds is 5. The highest BCUT2D eigenvalue weighted by Gasteiger charge is 2.07. The van der Waals surface area contributed by atoms with Crippen LogP contribution in [0.4, 0.5) is 0 Å². The minimum Gasteiger partial charge on any atom is -0.327 e. The first kappa shape index (κ1) is 11.7. The van der Waals surface area contributed by atoms with Crippen molar-refractivity contribution in [1.29, 1.82) is 0 Å². The van der Waals surface area contributed by atoms with E-state index in [2.05, 4.69) is 15.3 Å². The van der Waals surface area contributed by atoms with Crippen molar-refractivity contribution in [2.45, 2.75) is 25.3 Å². The normalized spacial score (nSPS) is 12.6. The number of pyridine rings is 1. The first-order chi connectivity index (χ1) is 8.24. The minimum absolute atomic E-state index is 0.105. The van der Waals surface area contributed by atoms with Crippen LogP contribution in [0.25, 0.3) is 0 Å². The fourth-order valence-electron chi connectivity index (χ4n) is 1.74. The molecule has 0 radical (unpaired) electrons. The van der Waals surface area contributed by atoms with Gasteiger partial charge in [-0.15, -0.1) is 5.10 Å². The largest absolute Gasteiger partial charge is 0.327 e. The molecule has 17 heavy (non-hydrogen) atoms. The molecule has 2 aromatic rings. The minimum atomic E-state index is 0.105. The Bertz CT molecular complexity index is 451. The Balaban J connectivity index is 1.80. The van der Waals surface area contributed by atoms with E-state index in [9.17, 15) is 0 Å². The number of aryl methyl sites for hydroxylation is 2. The maximum atomic E-state index is 6.06. The summed E-state index contributed by atoms with van der Waals surface area (Å²) in [5.41, 5.74) is 8.09. The summed E-state index contributed by atoms with van der Waals surface area (Å²) in [6, 6.07) is 6.04. The van der Waals surface area contributed by atoms with Crippen molar-refractivity contribution in [3.8, 4) is 0 Å². The third kappa shape index (κ3) is 3.64. The summed E-state index contributed by atoms with van der Waals surface area (Å²) in [6.45, 7) is 0. The summed E-state index contributed by atoms with van der Waals surface area (Å²) < 4.78 is 1.70. The highest BCUT2D eigenvalue weighted by molar-refractivity contribution is 5.04. The van der Waals surface area contributed by atoms with Gasteiger partial charge in [-0.2, -0.15) is 0 Å². The summed E-state index contributed by atoms with van der Waals surface area (Å²) in [6.07, 6.45) is 6.29. The smallest absolute Gasteiger partial charge is 0.0842 e. The van der Waals surface area contributed by atoms with Crippen LogP contribution in [0.15, 0.2) is 30.6 Å². The van der Waals surface area contributed by atoms with Crippen molar-refractivity contribution in [3.05, 3.63) is 42.0 Å². The van der Waals surface area contributed by atoms with E-state index in [4.69, 9.17) is 5.73 Å². The van der Waals surface area contributed by atoms with Gasteiger partial charge in [-0.1, -0.05) is 11.3 Å². The molecule has 0 spiro atoms. The van der Waals surface area contributed by atoms with Gasteiger partial charge < -0.3 is 5.73 Å². The quantitative estimate of drug-likeness (QED) is 0.823.